The highest BCUT2D eigenvalue weighted by Gasteiger charge is 2.10. The first-order valence-corrected chi connectivity index (χ1v) is 4.13. The van der Waals surface area contributed by atoms with Crippen LogP contribution in [0, 0.1) is 5.82 Å². The van der Waals surface area contributed by atoms with Crippen molar-refractivity contribution in [1.82, 2.24) is 0 Å². The molecule has 0 unspecified atom stereocenters. The van der Waals surface area contributed by atoms with Gasteiger partial charge >= 0.3 is 0 Å². The highest BCUT2D eigenvalue weighted by atomic mass is 19.1. The molecule has 1 aromatic rings. The molecule has 13 heavy (non-hydrogen) atoms. The lowest BCUT2D eigenvalue weighted by Gasteiger charge is -2.08. The fourth-order valence-electron chi connectivity index (χ4n) is 1.13. The molecular weight excluding hydrogens is 171 g/mol. The standard InChI is InChI=1S/C10H13FO2/c1-4-7-5-8(12-2)10(11)9(6-7)13-3/h5-6H,4H2,1-3H3. The maximum atomic E-state index is 13.3. The van der Waals surface area contributed by atoms with Gasteiger partial charge in [0.1, 0.15) is 0 Å². The van der Waals surface area contributed by atoms with Gasteiger partial charge in [0.25, 0.3) is 0 Å². The Hall–Kier alpha value is -1.25. The fraction of sp³-hybridized carbons (Fsp3) is 0.400. The van der Waals surface area contributed by atoms with E-state index in [1.807, 2.05) is 6.92 Å². The number of hydrogen-bond acceptors (Lipinski definition) is 2. The smallest absolute Gasteiger partial charge is 0.206 e. The first-order valence-electron chi connectivity index (χ1n) is 4.13. The summed E-state index contributed by atoms with van der Waals surface area (Å²) in [6.07, 6.45) is 0.826. The molecule has 0 aliphatic rings. The molecule has 2 nitrogen and oxygen atoms in total. The third-order valence-corrected chi connectivity index (χ3v) is 1.91. The van der Waals surface area contributed by atoms with E-state index >= 15 is 0 Å². The van der Waals surface area contributed by atoms with Crippen molar-refractivity contribution >= 4 is 0 Å². The van der Waals surface area contributed by atoms with Crippen LogP contribution in [-0.2, 0) is 6.42 Å². The largest absolute Gasteiger partial charge is 0.494 e. The minimum atomic E-state index is -0.442. The van der Waals surface area contributed by atoms with E-state index in [2.05, 4.69) is 0 Å². The Bertz CT molecular complexity index is 272. The predicted octanol–water partition coefficient (Wildman–Crippen LogP) is 2.41. The summed E-state index contributed by atoms with van der Waals surface area (Å²) >= 11 is 0. The molecule has 0 fully saturated rings. The van der Waals surface area contributed by atoms with Crippen LogP contribution >= 0.6 is 0 Å². The van der Waals surface area contributed by atoms with Crippen molar-refractivity contribution in [2.75, 3.05) is 14.2 Å². The van der Waals surface area contributed by atoms with Gasteiger partial charge in [0.15, 0.2) is 11.5 Å². The van der Waals surface area contributed by atoms with E-state index in [0.29, 0.717) is 0 Å². The summed E-state index contributed by atoms with van der Waals surface area (Å²) in [7, 11) is 2.88. The Morgan fingerprint density at radius 3 is 1.92 bits per heavy atom. The Morgan fingerprint density at radius 2 is 1.62 bits per heavy atom. The zero-order chi connectivity index (χ0) is 9.84. The molecule has 0 aliphatic carbocycles. The third kappa shape index (κ3) is 1.91. The number of rotatable bonds is 3. The van der Waals surface area contributed by atoms with Crippen molar-refractivity contribution in [3.8, 4) is 11.5 Å². The molecule has 0 aliphatic heterocycles. The summed E-state index contributed by atoms with van der Waals surface area (Å²) in [6.45, 7) is 1.99. The molecule has 0 bridgehead atoms. The summed E-state index contributed by atoms with van der Waals surface area (Å²) in [5, 5.41) is 0. The van der Waals surface area contributed by atoms with E-state index < -0.39 is 5.82 Å². The van der Waals surface area contributed by atoms with E-state index in [1.165, 1.54) is 14.2 Å². The molecular formula is C10H13FO2. The Balaban J connectivity index is 3.20. The van der Waals surface area contributed by atoms with Gasteiger partial charge in [-0.05, 0) is 24.1 Å². The molecule has 0 radical (unpaired) electrons. The summed E-state index contributed by atoms with van der Waals surface area (Å²) in [5.74, 6) is 0.0228. The first kappa shape index (κ1) is 9.84. The number of methoxy groups -OCH3 is 2. The molecule has 0 N–H and O–H groups in total. The SMILES string of the molecule is CCc1cc(OC)c(F)c(OC)c1. The van der Waals surface area contributed by atoms with Crippen LogP contribution in [0.25, 0.3) is 0 Å². The Labute approximate surface area is 77.3 Å². The average Bonchev–Trinajstić information content (AvgIpc) is 2.18. The summed E-state index contributed by atoms with van der Waals surface area (Å²) in [4.78, 5) is 0. The Kier molecular flexibility index (Phi) is 3.12. The zero-order valence-corrected chi connectivity index (χ0v) is 8.06. The molecule has 0 heterocycles. The maximum Gasteiger partial charge on any atom is 0.206 e. The van der Waals surface area contributed by atoms with Crippen LogP contribution in [0.2, 0.25) is 0 Å². The van der Waals surface area contributed by atoms with Gasteiger partial charge in [-0.3, -0.25) is 0 Å². The molecule has 3 heteroatoms. The van der Waals surface area contributed by atoms with Crippen LogP contribution in [0.15, 0.2) is 12.1 Å². The third-order valence-electron chi connectivity index (χ3n) is 1.91. The Morgan fingerprint density at radius 1 is 1.15 bits per heavy atom. The topological polar surface area (TPSA) is 18.5 Å². The number of benzene rings is 1. The van der Waals surface area contributed by atoms with E-state index in [-0.39, 0.29) is 11.5 Å². The van der Waals surface area contributed by atoms with Crippen LogP contribution in [0.5, 0.6) is 11.5 Å². The van der Waals surface area contributed by atoms with Crippen molar-refractivity contribution in [1.29, 1.82) is 0 Å². The van der Waals surface area contributed by atoms with Crippen LogP contribution in [0.3, 0.4) is 0 Å². The molecule has 0 saturated heterocycles. The molecule has 0 atom stereocenters. The van der Waals surface area contributed by atoms with Gasteiger partial charge in [-0.25, -0.2) is 0 Å². The normalized spacial score (nSPS) is 9.85. The molecule has 0 amide bonds. The van der Waals surface area contributed by atoms with Crippen molar-refractivity contribution < 1.29 is 13.9 Å². The van der Waals surface area contributed by atoms with Crippen LogP contribution < -0.4 is 9.47 Å². The van der Waals surface area contributed by atoms with Crippen molar-refractivity contribution in [3.63, 3.8) is 0 Å². The summed E-state index contributed by atoms with van der Waals surface area (Å²) < 4.78 is 23.1. The summed E-state index contributed by atoms with van der Waals surface area (Å²) in [6, 6.07) is 3.36. The highest BCUT2D eigenvalue weighted by Crippen LogP contribution is 2.28. The van der Waals surface area contributed by atoms with Gasteiger partial charge in [-0.2, -0.15) is 4.39 Å². The maximum absolute atomic E-state index is 13.3. The van der Waals surface area contributed by atoms with E-state index in [1.54, 1.807) is 12.1 Å². The van der Waals surface area contributed by atoms with Gasteiger partial charge in [-0.15, -0.1) is 0 Å². The lowest BCUT2D eigenvalue weighted by Crippen LogP contribution is -1.95. The molecule has 0 aromatic heterocycles. The number of ether oxygens (including phenoxy) is 2. The van der Waals surface area contributed by atoms with Gasteiger partial charge in [0.2, 0.25) is 5.82 Å². The summed E-state index contributed by atoms with van der Waals surface area (Å²) in [5.41, 5.74) is 0.995. The second-order valence-electron chi connectivity index (χ2n) is 2.67. The van der Waals surface area contributed by atoms with E-state index in [4.69, 9.17) is 9.47 Å². The number of halogens is 1. The lowest BCUT2D eigenvalue weighted by molar-refractivity contribution is 0.349. The second kappa shape index (κ2) is 4.12. The van der Waals surface area contributed by atoms with Gasteiger partial charge in [0.05, 0.1) is 14.2 Å². The van der Waals surface area contributed by atoms with Gasteiger partial charge in [-0.1, -0.05) is 6.92 Å². The van der Waals surface area contributed by atoms with Gasteiger partial charge < -0.3 is 9.47 Å². The predicted molar refractivity (Wildman–Crippen MR) is 48.9 cm³/mol. The van der Waals surface area contributed by atoms with Crippen LogP contribution in [0.1, 0.15) is 12.5 Å². The second-order valence-corrected chi connectivity index (χ2v) is 2.67. The monoisotopic (exact) mass is 184 g/mol. The molecule has 0 spiro atoms. The average molecular weight is 184 g/mol. The van der Waals surface area contributed by atoms with Crippen LogP contribution in [0.4, 0.5) is 4.39 Å². The van der Waals surface area contributed by atoms with E-state index in [9.17, 15) is 4.39 Å². The van der Waals surface area contributed by atoms with E-state index in [0.717, 1.165) is 12.0 Å². The minimum absolute atomic E-state index is 0.233. The number of hydrogen-bond donors (Lipinski definition) is 0. The fourth-order valence-corrected chi connectivity index (χ4v) is 1.13. The number of aryl methyl sites for hydroxylation is 1. The molecule has 1 rings (SSSR count). The van der Waals surface area contributed by atoms with Crippen molar-refractivity contribution in [2.24, 2.45) is 0 Å². The van der Waals surface area contributed by atoms with Crippen LogP contribution in [-0.4, -0.2) is 14.2 Å². The van der Waals surface area contributed by atoms with Crippen molar-refractivity contribution in [3.05, 3.63) is 23.5 Å². The highest BCUT2D eigenvalue weighted by molar-refractivity contribution is 5.40. The molecule has 0 saturated carbocycles. The molecule has 72 valence electrons. The first-order chi connectivity index (χ1) is 6.22. The van der Waals surface area contributed by atoms with Crippen molar-refractivity contribution in [2.45, 2.75) is 13.3 Å². The zero-order valence-electron chi connectivity index (χ0n) is 8.06. The molecule has 1 aromatic carbocycles. The quantitative estimate of drug-likeness (QED) is 0.718. The minimum Gasteiger partial charge on any atom is -0.494 e. The lowest BCUT2D eigenvalue weighted by atomic mass is 10.1. The van der Waals surface area contributed by atoms with Gasteiger partial charge in [0, 0.05) is 0 Å².